The van der Waals surface area contributed by atoms with Gasteiger partial charge in [0, 0.05) is 0 Å². The van der Waals surface area contributed by atoms with Gasteiger partial charge in [0.15, 0.2) is 8.32 Å². The van der Waals surface area contributed by atoms with E-state index in [0.717, 1.165) is 6.42 Å². The molecule has 0 aromatic carbocycles. The van der Waals surface area contributed by atoms with Gasteiger partial charge in [-0.25, -0.2) is 4.79 Å². The van der Waals surface area contributed by atoms with Gasteiger partial charge in [-0.3, -0.25) is 0 Å². The van der Waals surface area contributed by atoms with Crippen molar-refractivity contribution in [1.82, 2.24) is 5.32 Å². The smallest absolute Gasteiger partial charge is 0.407 e. The van der Waals surface area contributed by atoms with E-state index in [4.69, 9.17) is 9.16 Å². The second-order valence-corrected chi connectivity index (χ2v) is 12.6. The molecule has 0 aromatic rings. The second-order valence-electron chi connectivity index (χ2n) is 7.82. The molecule has 1 amide bonds. The zero-order valence-electron chi connectivity index (χ0n) is 14.7. The monoisotopic (exact) mass is 303 g/mol. The molecule has 0 heterocycles. The summed E-state index contributed by atoms with van der Waals surface area (Å²) in [5.74, 6) is 0. The van der Waals surface area contributed by atoms with Crippen LogP contribution in [-0.2, 0) is 9.16 Å². The van der Waals surface area contributed by atoms with Crippen molar-refractivity contribution < 1.29 is 14.0 Å². The van der Waals surface area contributed by atoms with Gasteiger partial charge in [0.2, 0.25) is 0 Å². The van der Waals surface area contributed by atoms with Crippen LogP contribution in [-0.4, -0.2) is 32.7 Å². The quantitative estimate of drug-likeness (QED) is 0.770. The van der Waals surface area contributed by atoms with Crippen molar-refractivity contribution in [1.29, 1.82) is 0 Å². The molecule has 0 saturated heterocycles. The summed E-state index contributed by atoms with van der Waals surface area (Å²) in [6.45, 7) is 19.2. The predicted octanol–water partition coefficient (Wildman–Crippen LogP) is 4.31. The van der Waals surface area contributed by atoms with Gasteiger partial charge >= 0.3 is 6.09 Å². The van der Waals surface area contributed by atoms with Crippen molar-refractivity contribution in [2.24, 2.45) is 0 Å². The zero-order chi connectivity index (χ0) is 16.2. The molecule has 4 nitrogen and oxygen atoms in total. The van der Waals surface area contributed by atoms with Crippen LogP contribution >= 0.6 is 0 Å². The van der Waals surface area contributed by atoms with E-state index in [-0.39, 0.29) is 17.2 Å². The van der Waals surface area contributed by atoms with Crippen molar-refractivity contribution in [3.8, 4) is 0 Å². The number of hydrogen-bond acceptors (Lipinski definition) is 3. The standard InChI is InChI=1S/C15H33NO3Si/c1-10-12(16-13(17)19-14(2,3)4)11-18-20(8,9)15(5,6)7/h12H,10-11H2,1-9H3,(H,16,17)/t12-/m1/s1. The Bertz CT molecular complexity index is 316. The fourth-order valence-corrected chi connectivity index (χ4v) is 2.31. The molecule has 0 aliphatic heterocycles. The Hall–Kier alpha value is -0.553. The molecule has 0 saturated carbocycles. The van der Waals surface area contributed by atoms with Gasteiger partial charge in [-0.2, -0.15) is 0 Å². The first-order valence-corrected chi connectivity index (χ1v) is 10.3. The van der Waals surface area contributed by atoms with Crippen LogP contribution < -0.4 is 5.32 Å². The third-order valence-corrected chi connectivity index (χ3v) is 8.17. The number of nitrogens with one attached hydrogen (secondary N) is 1. The van der Waals surface area contributed by atoms with E-state index in [1.54, 1.807) is 0 Å². The summed E-state index contributed by atoms with van der Waals surface area (Å²) in [6.07, 6.45) is 0.455. The van der Waals surface area contributed by atoms with Crippen molar-refractivity contribution in [2.75, 3.05) is 6.61 Å². The lowest BCUT2D eigenvalue weighted by Gasteiger charge is -2.37. The maximum absolute atomic E-state index is 11.8. The predicted molar refractivity (Wildman–Crippen MR) is 86.6 cm³/mol. The fraction of sp³-hybridized carbons (Fsp3) is 0.933. The van der Waals surface area contributed by atoms with E-state index in [9.17, 15) is 4.79 Å². The summed E-state index contributed by atoms with van der Waals surface area (Å²) in [5.41, 5.74) is -0.470. The number of rotatable bonds is 5. The molecule has 0 aliphatic rings. The van der Waals surface area contributed by atoms with Gasteiger partial charge in [-0.1, -0.05) is 27.7 Å². The first-order chi connectivity index (χ1) is 8.78. The van der Waals surface area contributed by atoms with Crippen molar-refractivity contribution in [3.63, 3.8) is 0 Å². The third kappa shape index (κ3) is 7.29. The molecule has 0 spiro atoms. The highest BCUT2D eigenvalue weighted by Gasteiger charge is 2.37. The summed E-state index contributed by atoms with van der Waals surface area (Å²) >= 11 is 0. The number of amides is 1. The highest BCUT2D eigenvalue weighted by atomic mass is 28.4. The number of carbonyl (C=O) groups excluding carboxylic acids is 1. The number of ether oxygens (including phenoxy) is 1. The average molecular weight is 304 g/mol. The molecule has 20 heavy (non-hydrogen) atoms. The fourth-order valence-electron chi connectivity index (χ4n) is 1.26. The highest BCUT2D eigenvalue weighted by Crippen LogP contribution is 2.36. The Balaban J connectivity index is 4.41. The third-order valence-electron chi connectivity index (χ3n) is 3.67. The second kappa shape index (κ2) is 6.94. The van der Waals surface area contributed by atoms with E-state index in [1.807, 2.05) is 27.7 Å². The molecule has 1 atom stereocenters. The molecule has 0 rings (SSSR count). The maximum atomic E-state index is 11.8. The maximum Gasteiger partial charge on any atom is 0.407 e. The van der Waals surface area contributed by atoms with E-state index < -0.39 is 13.9 Å². The molecule has 0 aromatic heterocycles. The van der Waals surface area contributed by atoms with Crippen LogP contribution in [0.15, 0.2) is 0 Å². The summed E-state index contributed by atoms with van der Waals surface area (Å²) in [5, 5.41) is 3.06. The summed E-state index contributed by atoms with van der Waals surface area (Å²) in [6, 6.07) is -0.000949. The molecule has 5 heteroatoms. The van der Waals surface area contributed by atoms with Crippen LogP contribution in [0.5, 0.6) is 0 Å². The van der Waals surface area contributed by atoms with Crippen LogP contribution in [0.25, 0.3) is 0 Å². The van der Waals surface area contributed by atoms with Gasteiger partial charge < -0.3 is 14.5 Å². The van der Waals surface area contributed by atoms with E-state index in [2.05, 4.69) is 39.2 Å². The zero-order valence-corrected chi connectivity index (χ0v) is 15.7. The number of carbonyl (C=O) groups is 1. The average Bonchev–Trinajstić information content (AvgIpc) is 2.19. The SMILES string of the molecule is CC[C@H](CO[Si](C)(C)C(C)(C)C)NC(=O)OC(C)(C)C. The Kier molecular flexibility index (Phi) is 6.75. The van der Waals surface area contributed by atoms with Gasteiger partial charge in [0.05, 0.1) is 12.6 Å². The molecule has 0 fully saturated rings. The van der Waals surface area contributed by atoms with Crippen molar-refractivity contribution in [3.05, 3.63) is 0 Å². The van der Waals surface area contributed by atoms with E-state index in [1.165, 1.54) is 0 Å². The first-order valence-electron chi connectivity index (χ1n) is 7.42. The van der Waals surface area contributed by atoms with E-state index in [0.29, 0.717) is 6.61 Å². The minimum atomic E-state index is -1.77. The lowest BCUT2D eigenvalue weighted by Crippen LogP contribution is -2.47. The lowest BCUT2D eigenvalue weighted by molar-refractivity contribution is 0.0483. The molecule has 0 radical (unpaired) electrons. The van der Waals surface area contributed by atoms with Gasteiger partial charge in [-0.15, -0.1) is 0 Å². The topological polar surface area (TPSA) is 47.6 Å². The van der Waals surface area contributed by atoms with Gasteiger partial charge in [0.1, 0.15) is 5.60 Å². The Labute approximate surface area is 125 Å². The van der Waals surface area contributed by atoms with Crippen LogP contribution in [0.1, 0.15) is 54.9 Å². The van der Waals surface area contributed by atoms with Gasteiger partial charge in [-0.05, 0) is 45.3 Å². The van der Waals surface area contributed by atoms with Crippen molar-refractivity contribution >= 4 is 14.4 Å². The minimum absolute atomic E-state index is 0.000949. The highest BCUT2D eigenvalue weighted by molar-refractivity contribution is 6.74. The molecule has 0 bridgehead atoms. The Morgan fingerprint density at radius 1 is 1.15 bits per heavy atom. The molecular formula is C15H33NO3Si. The van der Waals surface area contributed by atoms with Crippen LogP contribution in [0, 0.1) is 0 Å². The lowest BCUT2D eigenvalue weighted by atomic mass is 10.2. The van der Waals surface area contributed by atoms with Gasteiger partial charge in [0.25, 0.3) is 0 Å². The van der Waals surface area contributed by atoms with Crippen LogP contribution in [0.3, 0.4) is 0 Å². The van der Waals surface area contributed by atoms with E-state index >= 15 is 0 Å². The Morgan fingerprint density at radius 3 is 2.00 bits per heavy atom. The molecule has 120 valence electrons. The summed E-state index contributed by atoms with van der Waals surface area (Å²) in [7, 11) is -1.77. The summed E-state index contributed by atoms with van der Waals surface area (Å²) < 4.78 is 11.4. The molecule has 0 unspecified atom stereocenters. The van der Waals surface area contributed by atoms with Crippen molar-refractivity contribution in [2.45, 2.75) is 84.7 Å². The van der Waals surface area contributed by atoms with Crippen LogP contribution in [0.2, 0.25) is 18.1 Å². The van der Waals surface area contributed by atoms with Crippen LogP contribution in [0.4, 0.5) is 4.79 Å². The number of hydrogen-bond donors (Lipinski definition) is 1. The molecular weight excluding hydrogens is 270 g/mol. The minimum Gasteiger partial charge on any atom is -0.444 e. The first kappa shape index (κ1) is 19.4. The number of alkyl carbamates (subject to hydrolysis) is 1. The normalized spacial score (nSPS) is 14.8. The Morgan fingerprint density at radius 2 is 1.65 bits per heavy atom. The molecule has 0 aliphatic carbocycles. The largest absolute Gasteiger partial charge is 0.444 e. The molecule has 1 N–H and O–H groups in total. The summed E-state index contributed by atoms with van der Waals surface area (Å²) in [4.78, 5) is 11.8.